The number of aromatic nitrogens is 1. The van der Waals surface area contributed by atoms with Gasteiger partial charge >= 0.3 is 0 Å². The smallest absolute Gasteiger partial charge is 0.150 e. The van der Waals surface area contributed by atoms with Crippen molar-refractivity contribution in [3.05, 3.63) is 16.1 Å². The first-order valence-electron chi connectivity index (χ1n) is 6.37. The first kappa shape index (κ1) is 14.0. The average molecular weight is 288 g/mol. The van der Waals surface area contributed by atoms with Gasteiger partial charge in [-0.25, -0.2) is 13.4 Å². The van der Waals surface area contributed by atoms with Crippen molar-refractivity contribution < 1.29 is 8.42 Å². The first-order valence-corrected chi connectivity index (χ1v) is 9.07. The summed E-state index contributed by atoms with van der Waals surface area (Å²) in [5, 5.41) is 6.28. The summed E-state index contributed by atoms with van der Waals surface area (Å²) in [7, 11) is -0.862. The maximum Gasteiger partial charge on any atom is 0.150 e. The monoisotopic (exact) mass is 288 g/mol. The van der Waals surface area contributed by atoms with Crippen LogP contribution < -0.4 is 5.32 Å². The largest absolute Gasteiger partial charge is 0.319 e. The van der Waals surface area contributed by atoms with E-state index < -0.39 is 9.84 Å². The lowest BCUT2D eigenvalue weighted by Gasteiger charge is -2.20. The summed E-state index contributed by atoms with van der Waals surface area (Å²) in [6.45, 7) is 0.932. The molecule has 0 aliphatic carbocycles. The summed E-state index contributed by atoms with van der Waals surface area (Å²) in [4.78, 5) is 4.57. The molecule has 0 radical (unpaired) electrons. The third-order valence-corrected chi connectivity index (χ3v) is 6.06. The van der Waals surface area contributed by atoms with E-state index in [4.69, 9.17) is 0 Å². The molecule has 1 saturated heterocycles. The Morgan fingerprint density at radius 1 is 1.56 bits per heavy atom. The molecule has 1 aromatic heterocycles. The van der Waals surface area contributed by atoms with Crippen molar-refractivity contribution in [1.82, 2.24) is 10.3 Å². The van der Waals surface area contributed by atoms with E-state index in [1.54, 1.807) is 11.3 Å². The molecule has 0 bridgehead atoms. The predicted octanol–water partition coefficient (Wildman–Crippen LogP) is 1.27. The summed E-state index contributed by atoms with van der Waals surface area (Å²) < 4.78 is 23.1. The van der Waals surface area contributed by atoms with Crippen LogP contribution in [-0.2, 0) is 22.7 Å². The Kier molecular flexibility index (Phi) is 4.75. The molecule has 0 spiro atoms. The van der Waals surface area contributed by atoms with Gasteiger partial charge in [0.25, 0.3) is 0 Å². The molecule has 4 nitrogen and oxygen atoms in total. The fraction of sp³-hybridized carbons (Fsp3) is 0.750. The Bertz CT molecular complexity index is 482. The Morgan fingerprint density at radius 2 is 2.39 bits per heavy atom. The molecular formula is C12H20N2O2S2. The second-order valence-corrected chi connectivity index (χ2v) is 8.08. The van der Waals surface area contributed by atoms with Crippen LogP contribution >= 0.6 is 11.3 Å². The Labute approximate surface area is 113 Å². The summed E-state index contributed by atoms with van der Waals surface area (Å²) >= 11 is 1.66. The lowest BCUT2D eigenvalue weighted by molar-refractivity contribution is 0.483. The van der Waals surface area contributed by atoms with E-state index in [2.05, 4.69) is 15.7 Å². The fourth-order valence-electron chi connectivity index (χ4n) is 2.34. The normalized spacial score (nSPS) is 23.1. The molecule has 1 aromatic rings. The van der Waals surface area contributed by atoms with E-state index in [0.717, 1.165) is 42.9 Å². The van der Waals surface area contributed by atoms with Gasteiger partial charge in [0.1, 0.15) is 0 Å². The molecule has 1 unspecified atom stereocenters. The van der Waals surface area contributed by atoms with E-state index in [-0.39, 0.29) is 5.92 Å². The highest BCUT2D eigenvalue weighted by Gasteiger charge is 2.25. The van der Waals surface area contributed by atoms with Crippen LogP contribution in [0.1, 0.15) is 23.5 Å². The van der Waals surface area contributed by atoms with Crippen molar-refractivity contribution in [2.45, 2.75) is 25.7 Å². The molecule has 6 heteroatoms. The lowest BCUT2D eigenvalue weighted by Crippen LogP contribution is -2.26. The standard InChI is InChI=1S/C12H20N2O2S2/c1-13-5-4-11-8-17-12(14-11)7-10-3-2-6-18(15,16)9-10/h8,10,13H,2-7,9H2,1H3. The zero-order valence-corrected chi connectivity index (χ0v) is 12.3. The van der Waals surface area contributed by atoms with Gasteiger partial charge in [-0.3, -0.25) is 0 Å². The average Bonchev–Trinajstić information content (AvgIpc) is 2.73. The minimum Gasteiger partial charge on any atom is -0.319 e. The maximum atomic E-state index is 11.6. The van der Waals surface area contributed by atoms with Crippen molar-refractivity contribution in [3.63, 3.8) is 0 Å². The summed E-state index contributed by atoms with van der Waals surface area (Å²) in [5.74, 6) is 0.986. The second-order valence-electron chi connectivity index (χ2n) is 4.91. The second kappa shape index (κ2) is 6.12. The number of rotatable bonds is 5. The minimum atomic E-state index is -2.79. The van der Waals surface area contributed by atoms with Crippen LogP contribution in [-0.4, -0.2) is 38.5 Å². The molecule has 102 valence electrons. The molecule has 0 amide bonds. The lowest BCUT2D eigenvalue weighted by atomic mass is 10.0. The molecule has 1 aliphatic heterocycles. The summed E-state index contributed by atoms with van der Waals surface area (Å²) in [6, 6.07) is 0. The van der Waals surface area contributed by atoms with Gasteiger partial charge in [-0.15, -0.1) is 11.3 Å². The molecular weight excluding hydrogens is 268 g/mol. The molecule has 1 atom stereocenters. The third kappa shape index (κ3) is 4.03. The van der Waals surface area contributed by atoms with Crippen molar-refractivity contribution in [3.8, 4) is 0 Å². The zero-order valence-electron chi connectivity index (χ0n) is 10.7. The van der Waals surface area contributed by atoms with Crippen molar-refractivity contribution >= 4 is 21.2 Å². The highest BCUT2D eigenvalue weighted by Crippen LogP contribution is 2.23. The zero-order chi connectivity index (χ0) is 13.0. The van der Waals surface area contributed by atoms with E-state index in [0.29, 0.717) is 11.5 Å². The maximum absolute atomic E-state index is 11.6. The van der Waals surface area contributed by atoms with Crippen LogP contribution in [0.4, 0.5) is 0 Å². The highest BCUT2D eigenvalue weighted by atomic mass is 32.2. The van der Waals surface area contributed by atoms with Crippen LogP contribution in [0.5, 0.6) is 0 Å². The van der Waals surface area contributed by atoms with E-state index in [9.17, 15) is 8.42 Å². The molecule has 1 N–H and O–H groups in total. The summed E-state index contributed by atoms with van der Waals surface area (Å²) in [5.41, 5.74) is 1.11. The van der Waals surface area contributed by atoms with Crippen LogP contribution in [0, 0.1) is 5.92 Å². The van der Waals surface area contributed by atoms with Crippen molar-refractivity contribution in [2.75, 3.05) is 25.1 Å². The fourth-order valence-corrected chi connectivity index (χ4v) is 5.06. The van der Waals surface area contributed by atoms with Gasteiger partial charge in [-0.1, -0.05) is 0 Å². The number of nitrogens with zero attached hydrogens (tertiary/aromatic N) is 1. The van der Waals surface area contributed by atoms with Gasteiger partial charge in [0.05, 0.1) is 22.2 Å². The van der Waals surface area contributed by atoms with Crippen molar-refractivity contribution in [1.29, 1.82) is 0 Å². The Hall–Kier alpha value is -0.460. The number of hydrogen-bond donors (Lipinski definition) is 1. The molecule has 2 heterocycles. The Balaban J connectivity index is 1.91. The van der Waals surface area contributed by atoms with Gasteiger partial charge in [-0.05, 0) is 25.8 Å². The number of likely N-dealkylation sites (N-methyl/N-ethyl adjacent to an activating group) is 1. The molecule has 0 aromatic carbocycles. The number of hydrogen-bond acceptors (Lipinski definition) is 5. The minimum absolute atomic E-state index is 0.270. The number of nitrogens with one attached hydrogen (secondary N) is 1. The van der Waals surface area contributed by atoms with Gasteiger partial charge in [0.15, 0.2) is 9.84 Å². The quantitative estimate of drug-likeness (QED) is 0.886. The molecule has 0 saturated carbocycles. The van der Waals surface area contributed by atoms with Crippen LogP contribution in [0.25, 0.3) is 0 Å². The van der Waals surface area contributed by atoms with E-state index in [1.807, 2.05) is 7.05 Å². The summed E-state index contributed by atoms with van der Waals surface area (Å²) in [6.07, 6.45) is 3.59. The third-order valence-electron chi connectivity index (χ3n) is 3.25. The van der Waals surface area contributed by atoms with Crippen molar-refractivity contribution in [2.24, 2.45) is 5.92 Å². The van der Waals surface area contributed by atoms with E-state index >= 15 is 0 Å². The Morgan fingerprint density at radius 3 is 3.11 bits per heavy atom. The van der Waals surface area contributed by atoms with Gasteiger partial charge in [0.2, 0.25) is 0 Å². The van der Waals surface area contributed by atoms with Gasteiger partial charge < -0.3 is 5.32 Å². The highest BCUT2D eigenvalue weighted by molar-refractivity contribution is 7.91. The topological polar surface area (TPSA) is 59.1 Å². The van der Waals surface area contributed by atoms with Crippen LogP contribution in [0.3, 0.4) is 0 Å². The molecule has 1 fully saturated rings. The number of sulfone groups is 1. The molecule has 18 heavy (non-hydrogen) atoms. The molecule has 1 aliphatic rings. The molecule has 2 rings (SSSR count). The van der Waals surface area contributed by atoms with Crippen LogP contribution in [0.2, 0.25) is 0 Å². The van der Waals surface area contributed by atoms with Gasteiger partial charge in [-0.2, -0.15) is 0 Å². The van der Waals surface area contributed by atoms with Crippen LogP contribution in [0.15, 0.2) is 5.38 Å². The predicted molar refractivity (Wildman–Crippen MR) is 74.8 cm³/mol. The first-order chi connectivity index (χ1) is 8.59. The van der Waals surface area contributed by atoms with Gasteiger partial charge in [0, 0.05) is 24.8 Å². The van der Waals surface area contributed by atoms with E-state index in [1.165, 1.54) is 0 Å². The number of thiazole rings is 1. The SMILES string of the molecule is CNCCc1csc(CC2CCCS(=O)(=O)C2)n1.